The number of carbonyl (C=O) groups excluding carboxylic acids is 1. The van der Waals surface area contributed by atoms with Gasteiger partial charge < -0.3 is 10.1 Å². The Hall–Kier alpha value is -3.13. The number of hydrogen-bond donors (Lipinski definition) is 1. The number of allylic oxidation sites excluding steroid dienone is 1. The maximum absolute atomic E-state index is 12.6. The number of nitrogens with zero attached hydrogens (tertiary/aromatic N) is 2. The molecule has 1 unspecified atom stereocenters. The monoisotopic (exact) mass is 411 g/mol. The van der Waals surface area contributed by atoms with Crippen molar-refractivity contribution in [3.05, 3.63) is 87.1 Å². The van der Waals surface area contributed by atoms with Crippen molar-refractivity contribution >= 4 is 28.6 Å². The van der Waals surface area contributed by atoms with Gasteiger partial charge in [0.1, 0.15) is 6.04 Å². The maximum atomic E-state index is 12.6. The number of nitro groups is 1. The topological polar surface area (TPSA) is 93.8 Å². The fourth-order valence-corrected chi connectivity index (χ4v) is 3.87. The summed E-state index contributed by atoms with van der Waals surface area (Å²) >= 11 is 1.51. The minimum atomic E-state index is -0.673. The molecule has 0 saturated carbocycles. The average Bonchev–Trinajstić information content (AvgIpc) is 2.72. The molecule has 1 N–H and O–H groups in total. The molecule has 8 heteroatoms. The zero-order valence-electron chi connectivity index (χ0n) is 16.1. The molecule has 0 amide bonds. The highest BCUT2D eigenvalue weighted by Crippen LogP contribution is 2.34. The largest absolute Gasteiger partial charge is 0.463 e. The molecule has 2 aromatic carbocycles. The van der Waals surface area contributed by atoms with E-state index < -0.39 is 16.9 Å². The summed E-state index contributed by atoms with van der Waals surface area (Å²) in [6.45, 7) is 3.75. The third-order valence-corrected chi connectivity index (χ3v) is 5.29. The van der Waals surface area contributed by atoms with Crippen LogP contribution in [0.4, 0.5) is 5.69 Å². The van der Waals surface area contributed by atoms with Gasteiger partial charge in [0.2, 0.25) is 0 Å². The Balaban J connectivity index is 1.94. The van der Waals surface area contributed by atoms with Gasteiger partial charge in [0.05, 0.1) is 17.1 Å². The molecule has 29 heavy (non-hydrogen) atoms. The number of hydrogen-bond acceptors (Lipinski definition) is 7. The standard InChI is InChI=1S/C21H21N3O4S/c1-3-28-20(25)18-14(2)22-21(29-13-15-8-5-4-6-9-15)23-19(18)16-10-7-11-17(12-16)24(26)27/h4-12,19H,3,13H2,1-2H3,(H,22,23). The van der Waals surface area contributed by atoms with Crippen LogP contribution in [-0.4, -0.2) is 22.7 Å². The number of benzene rings is 2. The second kappa shape index (κ2) is 9.38. The molecule has 0 aromatic heterocycles. The SMILES string of the molecule is CCOC(=O)C1=C(C)NC(SCc2ccccc2)=NC1c1cccc([N+](=O)[O-])c1. The lowest BCUT2D eigenvalue weighted by Gasteiger charge is -2.25. The lowest BCUT2D eigenvalue weighted by Crippen LogP contribution is -2.30. The van der Waals surface area contributed by atoms with Crippen LogP contribution in [0, 0.1) is 10.1 Å². The summed E-state index contributed by atoms with van der Waals surface area (Å²) in [6.07, 6.45) is 0. The smallest absolute Gasteiger partial charge is 0.338 e. The number of aliphatic imine (C=N–C) groups is 1. The molecular weight excluding hydrogens is 390 g/mol. The molecule has 3 rings (SSSR count). The van der Waals surface area contributed by atoms with E-state index in [4.69, 9.17) is 4.74 Å². The average molecular weight is 411 g/mol. The summed E-state index contributed by atoms with van der Waals surface area (Å²) in [4.78, 5) is 28.0. The highest BCUT2D eigenvalue weighted by molar-refractivity contribution is 8.13. The van der Waals surface area contributed by atoms with Crippen LogP contribution >= 0.6 is 11.8 Å². The quantitative estimate of drug-likeness (QED) is 0.431. The molecule has 7 nitrogen and oxygen atoms in total. The number of thioether (sulfide) groups is 1. The van der Waals surface area contributed by atoms with Gasteiger partial charge in [-0.2, -0.15) is 0 Å². The third-order valence-electron chi connectivity index (χ3n) is 4.33. The minimum absolute atomic E-state index is 0.0458. The Bertz CT molecular complexity index is 973. The predicted octanol–water partition coefficient (Wildman–Crippen LogP) is 4.37. The Morgan fingerprint density at radius 1 is 1.24 bits per heavy atom. The summed E-state index contributed by atoms with van der Waals surface area (Å²) in [7, 11) is 0. The summed E-state index contributed by atoms with van der Waals surface area (Å²) in [5.41, 5.74) is 2.66. The van der Waals surface area contributed by atoms with E-state index in [2.05, 4.69) is 10.3 Å². The predicted molar refractivity (Wildman–Crippen MR) is 113 cm³/mol. The first-order valence-electron chi connectivity index (χ1n) is 9.13. The molecule has 0 bridgehead atoms. The van der Waals surface area contributed by atoms with Gasteiger partial charge in [-0.25, -0.2) is 9.79 Å². The summed E-state index contributed by atoms with van der Waals surface area (Å²) in [6, 6.07) is 15.5. The van der Waals surface area contributed by atoms with Crippen molar-refractivity contribution in [2.45, 2.75) is 25.6 Å². The molecule has 150 valence electrons. The number of esters is 1. The molecule has 0 saturated heterocycles. The molecule has 0 fully saturated rings. The van der Waals surface area contributed by atoms with E-state index in [0.717, 1.165) is 5.56 Å². The van der Waals surface area contributed by atoms with Crippen LogP contribution in [0.3, 0.4) is 0 Å². The second-order valence-electron chi connectivity index (χ2n) is 6.35. The maximum Gasteiger partial charge on any atom is 0.338 e. The van der Waals surface area contributed by atoms with Crippen molar-refractivity contribution in [2.75, 3.05) is 6.61 Å². The van der Waals surface area contributed by atoms with Crippen LogP contribution in [-0.2, 0) is 15.3 Å². The lowest BCUT2D eigenvalue weighted by atomic mass is 9.96. The van der Waals surface area contributed by atoms with Crippen molar-refractivity contribution in [3.8, 4) is 0 Å². The normalized spacial score (nSPS) is 16.1. The van der Waals surface area contributed by atoms with Gasteiger partial charge in [-0.3, -0.25) is 10.1 Å². The minimum Gasteiger partial charge on any atom is -0.463 e. The van der Waals surface area contributed by atoms with E-state index in [1.807, 2.05) is 30.3 Å². The Kier molecular flexibility index (Phi) is 6.66. The van der Waals surface area contributed by atoms with Crippen LogP contribution in [0.1, 0.15) is 31.0 Å². The molecule has 1 aliphatic rings. The highest BCUT2D eigenvalue weighted by Gasteiger charge is 2.31. The summed E-state index contributed by atoms with van der Waals surface area (Å²) < 4.78 is 5.20. The molecule has 2 aromatic rings. The molecule has 0 spiro atoms. The zero-order valence-corrected chi connectivity index (χ0v) is 16.9. The molecule has 1 atom stereocenters. The summed E-state index contributed by atoms with van der Waals surface area (Å²) in [5.74, 6) is 0.223. The molecule has 0 radical (unpaired) electrons. The van der Waals surface area contributed by atoms with Crippen molar-refractivity contribution in [3.63, 3.8) is 0 Å². The Labute approximate surface area is 173 Å². The van der Waals surface area contributed by atoms with Gasteiger partial charge in [0.15, 0.2) is 5.17 Å². The van der Waals surface area contributed by atoms with Gasteiger partial charge in [0.25, 0.3) is 5.69 Å². The molecule has 1 aliphatic heterocycles. The van der Waals surface area contributed by atoms with E-state index in [0.29, 0.717) is 27.8 Å². The van der Waals surface area contributed by atoms with Crippen LogP contribution < -0.4 is 5.32 Å². The van der Waals surface area contributed by atoms with Crippen molar-refractivity contribution < 1.29 is 14.5 Å². The van der Waals surface area contributed by atoms with Gasteiger partial charge in [-0.05, 0) is 25.0 Å². The number of rotatable bonds is 6. The van der Waals surface area contributed by atoms with Crippen LogP contribution in [0.5, 0.6) is 0 Å². The van der Waals surface area contributed by atoms with E-state index in [1.54, 1.807) is 26.0 Å². The third kappa shape index (κ3) is 5.03. The van der Waals surface area contributed by atoms with Crippen molar-refractivity contribution in [1.29, 1.82) is 0 Å². The van der Waals surface area contributed by atoms with Crippen molar-refractivity contribution in [2.24, 2.45) is 4.99 Å². The van der Waals surface area contributed by atoms with E-state index >= 15 is 0 Å². The summed E-state index contributed by atoms with van der Waals surface area (Å²) in [5, 5.41) is 15.0. The molecular formula is C21H21N3O4S. The first-order chi connectivity index (χ1) is 14.0. The van der Waals surface area contributed by atoms with Gasteiger partial charge in [-0.1, -0.05) is 54.2 Å². The van der Waals surface area contributed by atoms with E-state index in [-0.39, 0.29) is 12.3 Å². The first-order valence-corrected chi connectivity index (χ1v) is 10.1. The number of ether oxygens (including phenoxy) is 1. The van der Waals surface area contributed by atoms with Gasteiger partial charge >= 0.3 is 5.97 Å². The highest BCUT2D eigenvalue weighted by atomic mass is 32.2. The molecule has 1 heterocycles. The van der Waals surface area contributed by atoms with E-state index in [1.165, 1.54) is 23.9 Å². The fourth-order valence-electron chi connectivity index (χ4n) is 2.97. The van der Waals surface area contributed by atoms with Crippen LogP contribution in [0.15, 0.2) is 70.9 Å². The fraction of sp³-hybridized carbons (Fsp3) is 0.238. The Morgan fingerprint density at radius 2 is 2.00 bits per heavy atom. The van der Waals surface area contributed by atoms with Gasteiger partial charge in [-0.15, -0.1) is 0 Å². The van der Waals surface area contributed by atoms with Crippen molar-refractivity contribution in [1.82, 2.24) is 5.32 Å². The number of non-ortho nitro benzene ring substituents is 1. The number of nitro benzene ring substituents is 1. The lowest BCUT2D eigenvalue weighted by molar-refractivity contribution is -0.384. The molecule has 0 aliphatic carbocycles. The van der Waals surface area contributed by atoms with Crippen LogP contribution in [0.2, 0.25) is 0 Å². The second-order valence-corrected chi connectivity index (χ2v) is 7.31. The van der Waals surface area contributed by atoms with Gasteiger partial charge in [0, 0.05) is 23.6 Å². The first kappa shape index (κ1) is 20.6. The zero-order chi connectivity index (χ0) is 20.8. The number of amidine groups is 1. The van der Waals surface area contributed by atoms with Crippen LogP contribution in [0.25, 0.3) is 0 Å². The van der Waals surface area contributed by atoms with E-state index in [9.17, 15) is 14.9 Å². The Morgan fingerprint density at radius 3 is 2.69 bits per heavy atom. The number of carbonyl (C=O) groups is 1. The number of nitrogens with one attached hydrogen (secondary N) is 1.